The number of hydrogen-bond donors (Lipinski definition) is 6. The molecule has 0 amide bonds. The van der Waals surface area contributed by atoms with Crippen molar-refractivity contribution in [3.8, 4) is 0 Å². The molecule has 1 rings (SSSR count). The summed E-state index contributed by atoms with van der Waals surface area (Å²) >= 11 is 0. The van der Waals surface area contributed by atoms with Gasteiger partial charge in [0.15, 0.2) is 6.10 Å². The zero-order valence-electron chi connectivity index (χ0n) is 40.7. The molecule has 0 aromatic carbocycles. The van der Waals surface area contributed by atoms with Crippen LogP contribution in [0.15, 0.2) is 60.8 Å². The largest absolute Gasteiger partial charge is 0.472 e. The van der Waals surface area contributed by atoms with Crippen LogP contribution in [0.1, 0.15) is 200 Å². The highest BCUT2D eigenvalue weighted by Gasteiger charge is 2.51. The fourth-order valence-electron chi connectivity index (χ4n) is 7.60. The van der Waals surface area contributed by atoms with Crippen LogP contribution in [0.2, 0.25) is 0 Å². The summed E-state index contributed by atoms with van der Waals surface area (Å²) in [6.07, 6.45) is 38.8. The molecule has 1 saturated carbocycles. The molecule has 1 aliphatic rings. The third-order valence-electron chi connectivity index (χ3n) is 11.7. The Balaban J connectivity index is 2.41. The van der Waals surface area contributed by atoms with Crippen molar-refractivity contribution in [3.05, 3.63) is 60.8 Å². The lowest BCUT2D eigenvalue weighted by atomic mass is 9.85. The number of unbranched alkanes of at least 4 members (excludes halogenated alkanes) is 21. The van der Waals surface area contributed by atoms with Gasteiger partial charge in [0.1, 0.15) is 43.2 Å². The number of aliphatic hydroxyl groups is 5. The zero-order chi connectivity index (χ0) is 48.5. The van der Waals surface area contributed by atoms with E-state index in [4.69, 9.17) is 18.5 Å². The van der Waals surface area contributed by atoms with E-state index in [1.54, 1.807) is 12.2 Å². The predicted molar refractivity (Wildman–Crippen MR) is 262 cm³/mol. The molecular formula is C52H91O13P. The van der Waals surface area contributed by atoms with E-state index in [1.807, 2.05) is 12.2 Å². The van der Waals surface area contributed by atoms with Gasteiger partial charge in [-0.25, -0.2) is 4.57 Å². The molecule has 1 fully saturated rings. The summed E-state index contributed by atoms with van der Waals surface area (Å²) in [5.74, 6) is -1.24. The molecule has 0 aliphatic heterocycles. The number of carbonyl (C=O) groups excluding carboxylic acids is 2. The molecule has 66 heavy (non-hydrogen) atoms. The minimum absolute atomic E-state index is 0.136. The van der Waals surface area contributed by atoms with Crippen LogP contribution in [0.3, 0.4) is 0 Å². The second-order valence-corrected chi connectivity index (χ2v) is 19.1. The van der Waals surface area contributed by atoms with Gasteiger partial charge < -0.3 is 39.9 Å². The van der Waals surface area contributed by atoms with Crippen molar-refractivity contribution in [3.63, 3.8) is 0 Å². The fraction of sp³-hybridized carbons (Fsp3) is 0.769. The minimum Gasteiger partial charge on any atom is -0.462 e. The fourth-order valence-corrected chi connectivity index (χ4v) is 8.57. The minimum atomic E-state index is -5.15. The topological polar surface area (TPSA) is 210 Å². The highest BCUT2D eigenvalue weighted by atomic mass is 31.2. The first-order chi connectivity index (χ1) is 31.9. The van der Waals surface area contributed by atoms with Gasteiger partial charge in [0.2, 0.25) is 0 Å². The Bertz CT molecular complexity index is 1380. The number of carbonyl (C=O) groups is 2. The molecule has 382 valence electrons. The van der Waals surface area contributed by atoms with Gasteiger partial charge in [-0.15, -0.1) is 0 Å². The van der Waals surface area contributed by atoms with Gasteiger partial charge in [0.25, 0.3) is 0 Å². The number of allylic oxidation sites excluding steroid dienone is 9. The summed E-state index contributed by atoms with van der Waals surface area (Å²) in [6.45, 7) is 3.12. The Kier molecular flexibility index (Phi) is 38.7. The van der Waals surface area contributed by atoms with E-state index in [0.717, 1.165) is 44.9 Å². The number of phosphoric ester groups is 1. The molecule has 1 aliphatic carbocycles. The zero-order valence-corrected chi connectivity index (χ0v) is 41.6. The molecule has 13 nitrogen and oxygen atoms in total. The molecule has 6 N–H and O–H groups in total. The molecule has 0 heterocycles. The average Bonchev–Trinajstić information content (AvgIpc) is 3.30. The lowest BCUT2D eigenvalue weighted by Crippen LogP contribution is -2.64. The lowest BCUT2D eigenvalue weighted by Gasteiger charge is -2.41. The number of aliphatic hydroxyl groups excluding tert-OH is 5. The van der Waals surface area contributed by atoms with Crippen molar-refractivity contribution in [2.45, 2.75) is 243 Å². The Labute approximate surface area is 398 Å². The monoisotopic (exact) mass is 955 g/mol. The van der Waals surface area contributed by atoms with Crippen LogP contribution in [0, 0.1) is 0 Å². The Morgan fingerprint density at radius 2 is 0.848 bits per heavy atom. The van der Waals surface area contributed by atoms with Crippen molar-refractivity contribution in [2.75, 3.05) is 13.2 Å². The van der Waals surface area contributed by atoms with Crippen LogP contribution in [0.4, 0.5) is 0 Å². The lowest BCUT2D eigenvalue weighted by molar-refractivity contribution is -0.220. The normalized spacial score (nSPS) is 21.8. The van der Waals surface area contributed by atoms with Gasteiger partial charge in [0.05, 0.1) is 13.0 Å². The van der Waals surface area contributed by atoms with Crippen molar-refractivity contribution < 1.29 is 63.1 Å². The van der Waals surface area contributed by atoms with Crippen LogP contribution < -0.4 is 0 Å². The van der Waals surface area contributed by atoms with Gasteiger partial charge in [0, 0.05) is 6.42 Å². The number of ether oxygens (including phenoxy) is 2. The van der Waals surface area contributed by atoms with Gasteiger partial charge in [-0.1, -0.05) is 209 Å². The van der Waals surface area contributed by atoms with E-state index in [2.05, 4.69) is 50.3 Å². The maximum Gasteiger partial charge on any atom is 0.472 e. The molecular weight excluding hydrogens is 864 g/mol. The van der Waals surface area contributed by atoms with Crippen molar-refractivity contribution in [1.29, 1.82) is 0 Å². The molecule has 0 radical (unpaired) electrons. The smallest absolute Gasteiger partial charge is 0.462 e. The van der Waals surface area contributed by atoms with E-state index < -0.39 is 75.7 Å². The Hall–Kier alpha value is -2.45. The molecule has 0 bridgehead atoms. The predicted octanol–water partition coefficient (Wildman–Crippen LogP) is 10.9. The first kappa shape index (κ1) is 61.6. The van der Waals surface area contributed by atoms with Gasteiger partial charge in [-0.05, 0) is 38.5 Å². The van der Waals surface area contributed by atoms with E-state index in [9.17, 15) is 44.6 Å². The molecule has 14 heteroatoms. The Morgan fingerprint density at radius 3 is 1.26 bits per heavy atom. The summed E-state index contributed by atoms with van der Waals surface area (Å²) in [5, 5.41) is 50.2. The third kappa shape index (κ3) is 33.1. The van der Waals surface area contributed by atoms with Crippen molar-refractivity contribution in [2.24, 2.45) is 0 Å². The van der Waals surface area contributed by atoms with Crippen LogP contribution in [-0.4, -0.2) is 98.3 Å². The third-order valence-corrected chi connectivity index (χ3v) is 12.6. The highest BCUT2D eigenvalue weighted by molar-refractivity contribution is 7.47. The number of phosphoric acid groups is 1. The van der Waals surface area contributed by atoms with Crippen molar-refractivity contribution in [1.82, 2.24) is 0 Å². The van der Waals surface area contributed by atoms with Crippen LogP contribution in [-0.2, 0) is 32.7 Å². The van der Waals surface area contributed by atoms with E-state index in [1.165, 1.54) is 116 Å². The summed E-state index contributed by atoms with van der Waals surface area (Å²) in [6, 6.07) is 0. The molecule has 6 atom stereocenters. The summed E-state index contributed by atoms with van der Waals surface area (Å²) in [5.41, 5.74) is 0. The van der Waals surface area contributed by atoms with Crippen molar-refractivity contribution >= 4 is 19.8 Å². The van der Waals surface area contributed by atoms with E-state index in [0.29, 0.717) is 12.8 Å². The quantitative estimate of drug-likeness (QED) is 0.0146. The van der Waals surface area contributed by atoms with Crippen LogP contribution in [0.5, 0.6) is 0 Å². The SMILES string of the molecule is CC/C=C\C/C=C\C/C=C\C/C=C\C/C=C\CC(=O)OC(COC(=O)CCCCCCCCCCCCCCCCCCCCCCCC)COP(=O)(O)OC1C(O)C(O)C(O)C(O)C1O. The summed E-state index contributed by atoms with van der Waals surface area (Å²) in [7, 11) is -5.15. The molecule has 0 aromatic rings. The van der Waals surface area contributed by atoms with Gasteiger partial charge in [-0.3, -0.25) is 18.6 Å². The van der Waals surface area contributed by atoms with E-state index in [-0.39, 0.29) is 12.8 Å². The average molecular weight is 955 g/mol. The van der Waals surface area contributed by atoms with Crippen LogP contribution >= 0.6 is 7.82 Å². The molecule has 6 unspecified atom stereocenters. The molecule has 0 saturated heterocycles. The van der Waals surface area contributed by atoms with Crippen LogP contribution in [0.25, 0.3) is 0 Å². The number of esters is 2. The number of rotatable bonds is 42. The standard InChI is InChI=1S/C52H91O13P/c1-3-5-7-9-11-13-15-17-19-20-21-22-23-24-25-27-28-30-32-34-36-38-40-45(53)62-42-44(43-63-66(60,61)65-52-50(58)48(56)47(55)49(57)51(52)59)64-46(54)41-39-37-35-33-31-29-26-18-16-14-12-10-8-6-4-2/h6,8,12,14,18,26,31,33,37,39,44,47-52,55-59H,3-5,7,9-11,13,15-17,19-25,27-30,32,34-36,38,40-43H2,1-2H3,(H,60,61)/b8-6-,14-12-,26-18-,33-31-,39-37-. The second kappa shape index (κ2) is 41.5. The number of hydrogen-bond acceptors (Lipinski definition) is 12. The maximum atomic E-state index is 12.8. The maximum absolute atomic E-state index is 12.8. The highest BCUT2D eigenvalue weighted by Crippen LogP contribution is 2.47. The first-order valence-electron chi connectivity index (χ1n) is 25.6. The van der Waals surface area contributed by atoms with Gasteiger partial charge in [-0.2, -0.15) is 0 Å². The second-order valence-electron chi connectivity index (χ2n) is 17.7. The van der Waals surface area contributed by atoms with E-state index >= 15 is 0 Å². The summed E-state index contributed by atoms with van der Waals surface area (Å²) < 4.78 is 33.5. The Morgan fingerprint density at radius 1 is 0.485 bits per heavy atom. The molecule has 0 spiro atoms. The van der Waals surface area contributed by atoms with Gasteiger partial charge >= 0.3 is 19.8 Å². The molecule has 0 aromatic heterocycles. The summed E-state index contributed by atoms with van der Waals surface area (Å²) in [4.78, 5) is 35.7. The first-order valence-corrected chi connectivity index (χ1v) is 27.1.